The van der Waals surface area contributed by atoms with Crippen LogP contribution in [0.4, 0.5) is 0 Å². The normalized spacial score (nSPS) is 20.5. The van der Waals surface area contributed by atoms with Gasteiger partial charge >= 0.3 is 25.7 Å². The number of aliphatic hydroxyl groups is 3. The molecule has 0 radical (unpaired) electrons. The van der Waals surface area contributed by atoms with Crippen LogP contribution in [-0.2, 0) is 37.5 Å². The summed E-state index contributed by atoms with van der Waals surface area (Å²) in [6, 6.07) is -1.57. The van der Waals surface area contributed by atoms with Crippen LogP contribution in [0.3, 0.4) is 0 Å². The lowest BCUT2D eigenvalue weighted by atomic mass is 9.89. The number of hydrogen-bond acceptors (Lipinski definition) is 12. The van der Waals surface area contributed by atoms with E-state index in [2.05, 4.69) is 18.4 Å². The van der Waals surface area contributed by atoms with E-state index in [9.17, 15) is 39.2 Å². The van der Waals surface area contributed by atoms with Gasteiger partial charge in [0.2, 0.25) is 0 Å². The molecule has 0 aromatic rings. The minimum atomic E-state index is -4.80. The van der Waals surface area contributed by atoms with Crippen molar-refractivity contribution in [3.05, 3.63) is 24.3 Å². The second-order valence-corrected chi connectivity index (χ2v) is 18.3. The molecule has 1 aliphatic rings. The lowest BCUT2D eigenvalue weighted by Gasteiger charge is -2.20. The number of unbranched alkanes of at least 4 members (excludes halogenated alkanes) is 20. The predicted molar refractivity (Wildman–Crippen MR) is 237 cm³/mol. The van der Waals surface area contributed by atoms with Gasteiger partial charge in [-0.1, -0.05) is 173 Å². The summed E-state index contributed by atoms with van der Waals surface area (Å²) in [5.74, 6) is -3.37. The predicted octanol–water partition coefficient (Wildman–Crippen LogP) is 9.00. The molecule has 1 unspecified atom stereocenters. The van der Waals surface area contributed by atoms with Gasteiger partial charge in [-0.3, -0.25) is 23.4 Å². The molecular formula is C46H84NO13P. The SMILES string of the molecule is CCCCCCCCCCCCCCCCCCCCCC(=O)O[C@H](COC(=O)C/C=C\C[C@H]1[C@@H](/C=C/[C@H](O)CCCCC)[C@H](O)C[C@@H]1O)COP(=O)(O)OC[C@H](N)C(=O)O. The van der Waals surface area contributed by atoms with Gasteiger partial charge in [-0.25, -0.2) is 4.57 Å². The third-order valence-corrected chi connectivity index (χ3v) is 12.3. The fourth-order valence-corrected chi connectivity index (χ4v) is 8.29. The van der Waals surface area contributed by atoms with Crippen LogP contribution in [0.2, 0.25) is 0 Å². The molecule has 1 fully saturated rings. The van der Waals surface area contributed by atoms with Crippen LogP contribution >= 0.6 is 7.82 Å². The Hall–Kier alpha value is -2.16. The maximum atomic E-state index is 12.7. The summed E-state index contributed by atoms with van der Waals surface area (Å²) in [4.78, 5) is 46.3. The van der Waals surface area contributed by atoms with E-state index in [1.807, 2.05) is 0 Å². The Morgan fingerprint density at radius 2 is 1.21 bits per heavy atom. The molecule has 15 heteroatoms. The number of rotatable bonds is 40. The monoisotopic (exact) mass is 890 g/mol. The van der Waals surface area contributed by atoms with Gasteiger partial charge in [0.1, 0.15) is 12.6 Å². The Bertz CT molecular complexity index is 1250. The minimum absolute atomic E-state index is 0.0997. The maximum absolute atomic E-state index is 12.7. The Morgan fingerprint density at radius 3 is 1.75 bits per heavy atom. The van der Waals surface area contributed by atoms with Crippen molar-refractivity contribution in [2.24, 2.45) is 17.6 Å². The Morgan fingerprint density at radius 1 is 0.705 bits per heavy atom. The van der Waals surface area contributed by atoms with Crippen LogP contribution in [0.1, 0.15) is 187 Å². The number of esters is 2. The van der Waals surface area contributed by atoms with Gasteiger partial charge in [-0.05, 0) is 25.2 Å². The largest absolute Gasteiger partial charge is 0.480 e. The number of carbonyl (C=O) groups is 3. The van der Waals surface area contributed by atoms with E-state index >= 15 is 0 Å². The smallest absolute Gasteiger partial charge is 0.472 e. The third kappa shape index (κ3) is 30.5. The highest BCUT2D eigenvalue weighted by atomic mass is 31.2. The summed E-state index contributed by atoms with van der Waals surface area (Å²) in [5.41, 5.74) is 5.34. The number of ether oxygens (including phenoxy) is 2. The number of carboxylic acid groups (broad SMARTS) is 1. The molecule has 0 amide bonds. The number of carbonyl (C=O) groups excluding carboxylic acids is 2. The van der Waals surface area contributed by atoms with Crippen molar-refractivity contribution in [2.45, 2.75) is 218 Å². The molecule has 7 N–H and O–H groups in total. The van der Waals surface area contributed by atoms with Gasteiger partial charge in [0, 0.05) is 18.8 Å². The number of aliphatic hydroxyl groups excluding tert-OH is 3. The second-order valence-electron chi connectivity index (χ2n) is 16.9. The molecule has 1 saturated carbocycles. The van der Waals surface area contributed by atoms with Gasteiger partial charge < -0.3 is 40.5 Å². The van der Waals surface area contributed by atoms with Crippen molar-refractivity contribution in [3.63, 3.8) is 0 Å². The van der Waals surface area contributed by atoms with E-state index in [0.717, 1.165) is 44.9 Å². The minimum Gasteiger partial charge on any atom is -0.480 e. The first kappa shape index (κ1) is 56.9. The quantitative estimate of drug-likeness (QED) is 0.0146. The molecule has 356 valence electrons. The first-order valence-corrected chi connectivity index (χ1v) is 25.1. The highest BCUT2D eigenvalue weighted by Crippen LogP contribution is 2.43. The van der Waals surface area contributed by atoms with E-state index in [0.29, 0.717) is 19.3 Å². The topological polar surface area (TPSA) is 232 Å². The van der Waals surface area contributed by atoms with Gasteiger partial charge in [0.15, 0.2) is 6.10 Å². The Kier molecular flexibility index (Phi) is 33.7. The van der Waals surface area contributed by atoms with Crippen LogP contribution < -0.4 is 5.73 Å². The van der Waals surface area contributed by atoms with Gasteiger partial charge in [-0.15, -0.1) is 0 Å². The molecule has 0 bridgehead atoms. The van der Waals surface area contributed by atoms with Crippen molar-refractivity contribution >= 4 is 25.7 Å². The van der Waals surface area contributed by atoms with Crippen LogP contribution in [-0.4, -0.2) is 93.5 Å². The van der Waals surface area contributed by atoms with Crippen molar-refractivity contribution in [3.8, 4) is 0 Å². The Balaban J connectivity index is 2.46. The molecular weight excluding hydrogens is 805 g/mol. The summed E-state index contributed by atoms with van der Waals surface area (Å²) in [5, 5.41) is 40.3. The van der Waals surface area contributed by atoms with E-state index in [4.69, 9.17) is 24.8 Å². The highest BCUT2D eigenvalue weighted by molar-refractivity contribution is 7.47. The molecule has 0 aliphatic heterocycles. The fraction of sp³-hybridized carbons (Fsp3) is 0.848. The molecule has 0 aromatic carbocycles. The highest BCUT2D eigenvalue weighted by Gasteiger charge is 2.39. The molecule has 0 spiro atoms. The number of phosphoric acid groups is 1. The second kappa shape index (κ2) is 36.2. The summed E-state index contributed by atoms with van der Waals surface area (Å²) in [6.07, 6.45) is 30.9. The fourth-order valence-electron chi connectivity index (χ4n) is 7.51. The molecule has 0 heterocycles. The van der Waals surface area contributed by atoms with E-state index < -0.39 is 76.0 Å². The number of carboxylic acids is 1. The molecule has 0 saturated heterocycles. The standard InChI is InChI=1S/C46H84NO13P/c1-3-5-7-8-9-10-11-12-13-14-15-16-17-18-19-20-21-22-24-30-45(52)60-38(35-58-61(55,56)59-36-41(47)46(53)54)34-57-44(51)29-26-25-28-39-40(43(50)33-42(39)49)32-31-37(48)27-23-6-4-2/h25-26,31-32,37-43,48-50H,3-24,27-30,33-36,47H2,1-2H3,(H,53,54)(H,55,56)/b26-25-,32-31+/t37-,38-,39+,40-,41+,42+,43-/m1/s1. The van der Waals surface area contributed by atoms with Gasteiger partial charge in [-0.2, -0.15) is 0 Å². The summed E-state index contributed by atoms with van der Waals surface area (Å²) >= 11 is 0. The van der Waals surface area contributed by atoms with Crippen LogP contribution in [0, 0.1) is 11.8 Å². The number of phosphoric ester groups is 1. The molecule has 8 atom stereocenters. The zero-order chi connectivity index (χ0) is 45.1. The van der Waals surface area contributed by atoms with Crippen molar-refractivity contribution in [2.75, 3.05) is 19.8 Å². The number of nitrogens with two attached hydrogens (primary N) is 1. The average Bonchev–Trinajstić information content (AvgIpc) is 3.49. The third-order valence-electron chi connectivity index (χ3n) is 11.3. The first-order valence-electron chi connectivity index (χ1n) is 23.6. The van der Waals surface area contributed by atoms with Crippen LogP contribution in [0.5, 0.6) is 0 Å². The summed E-state index contributed by atoms with van der Waals surface area (Å²) in [6.45, 7) is 2.39. The number of hydrogen-bond donors (Lipinski definition) is 6. The molecule has 14 nitrogen and oxygen atoms in total. The maximum Gasteiger partial charge on any atom is 0.472 e. The van der Waals surface area contributed by atoms with Crippen molar-refractivity contribution in [1.29, 1.82) is 0 Å². The van der Waals surface area contributed by atoms with E-state index in [-0.39, 0.29) is 31.1 Å². The van der Waals surface area contributed by atoms with Gasteiger partial charge in [0.25, 0.3) is 0 Å². The van der Waals surface area contributed by atoms with E-state index in [1.165, 1.54) is 89.9 Å². The van der Waals surface area contributed by atoms with E-state index in [1.54, 1.807) is 24.3 Å². The lowest BCUT2D eigenvalue weighted by molar-refractivity contribution is -0.160. The van der Waals surface area contributed by atoms with Crippen LogP contribution in [0.15, 0.2) is 24.3 Å². The molecule has 0 aromatic heterocycles. The summed E-state index contributed by atoms with van der Waals surface area (Å²) < 4.78 is 32.7. The lowest BCUT2D eigenvalue weighted by Crippen LogP contribution is -2.34. The number of allylic oxidation sites excluding steroid dienone is 1. The number of aliphatic carboxylic acids is 1. The van der Waals surface area contributed by atoms with Crippen molar-refractivity contribution < 1.29 is 62.8 Å². The summed E-state index contributed by atoms with van der Waals surface area (Å²) in [7, 11) is -4.80. The molecule has 61 heavy (non-hydrogen) atoms. The molecule has 1 aliphatic carbocycles. The zero-order valence-corrected chi connectivity index (χ0v) is 38.5. The Labute approximate surface area is 367 Å². The molecule has 1 rings (SSSR count). The van der Waals surface area contributed by atoms with Crippen molar-refractivity contribution in [1.82, 2.24) is 0 Å². The zero-order valence-electron chi connectivity index (χ0n) is 37.6. The average molecular weight is 890 g/mol. The first-order chi connectivity index (χ1) is 29.3. The van der Waals surface area contributed by atoms with Crippen LogP contribution in [0.25, 0.3) is 0 Å². The van der Waals surface area contributed by atoms with Gasteiger partial charge in [0.05, 0.1) is 37.9 Å².